The second kappa shape index (κ2) is 5.29. The monoisotopic (exact) mass is 281 g/mol. The highest BCUT2D eigenvalue weighted by Gasteiger charge is 2.34. The Hall–Kier alpha value is -1.06. The zero-order chi connectivity index (χ0) is 13.2. The molecule has 0 radical (unpaired) electrons. The van der Waals surface area contributed by atoms with Gasteiger partial charge in [0.15, 0.2) is 0 Å². The van der Waals surface area contributed by atoms with Crippen LogP contribution in [0.25, 0.3) is 0 Å². The normalized spacial score (nSPS) is 18.1. The lowest BCUT2D eigenvalue weighted by atomic mass is 9.94. The minimum Gasteiger partial charge on any atom is -0.333 e. The van der Waals surface area contributed by atoms with Crippen molar-refractivity contribution in [2.75, 3.05) is 11.5 Å². The maximum absolute atomic E-state index is 12.2. The number of amides is 1. The Kier molecular flexibility index (Phi) is 3.93. The first-order chi connectivity index (χ1) is 8.56. The third kappa shape index (κ3) is 2.68. The van der Waals surface area contributed by atoms with Gasteiger partial charge in [-0.25, -0.2) is 4.98 Å². The van der Waals surface area contributed by atoms with E-state index in [-0.39, 0.29) is 5.91 Å². The first-order valence-corrected chi connectivity index (χ1v) is 7.79. The smallest absolute Gasteiger partial charge is 0.264 e. The summed E-state index contributed by atoms with van der Waals surface area (Å²) in [5, 5.41) is 13.1. The fourth-order valence-electron chi connectivity index (χ4n) is 2.00. The molecule has 2 heterocycles. The van der Waals surface area contributed by atoms with Gasteiger partial charge in [-0.2, -0.15) is 17.0 Å². The molecule has 96 valence electrons. The molecule has 1 N–H and O–H groups in total. The summed E-state index contributed by atoms with van der Waals surface area (Å²) in [7, 11) is 0. The Morgan fingerprint density at radius 1 is 1.44 bits per heavy atom. The average Bonchev–Trinajstić information content (AvgIpc) is 2.70. The molecule has 0 aliphatic carbocycles. The van der Waals surface area contributed by atoms with Crippen molar-refractivity contribution in [1.29, 1.82) is 5.26 Å². The van der Waals surface area contributed by atoms with E-state index >= 15 is 0 Å². The minimum atomic E-state index is -0.688. The average molecular weight is 281 g/mol. The van der Waals surface area contributed by atoms with Crippen LogP contribution in [-0.2, 0) is 0 Å². The summed E-state index contributed by atoms with van der Waals surface area (Å²) in [6.07, 6.45) is 1.44. The van der Waals surface area contributed by atoms with Crippen LogP contribution in [0.5, 0.6) is 0 Å². The number of aryl methyl sites for hydroxylation is 2. The van der Waals surface area contributed by atoms with Crippen molar-refractivity contribution in [2.24, 2.45) is 0 Å². The van der Waals surface area contributed by atoms with E-state index in [1.165, 1.54) is 11.3 Å². The third-order valence-electron chi connectivity index (χ3n) is 3.02. The van der Waals surface area contributed by atoms with Crippen molar-refractivity contribution in [2.45, 2.75) is 32.2 Å². The van der Waals surface area contributed by atoms with Gasteiger partial charge in [0.25, 0.3) is 5.91 Å². The van der Waals surface area contributed by atoms with E-state index in [1.54, 1.807) is 0 Å². The van der Waals surface area contributed by atoms with E-state index in [4.69, 9.17) is 0 Å². The van der Waals surface area contributed by atoms with Crippen LogP contribution in [0, 0.1) is 25.2 Å². The maximum Gasteiger partial charge on any atom is 0.264 e. The second-order valence-corrected chi connectivity index (χ2v) is 6.84. The Bertz CT molecular complexity index is 498. The van der Waals surface area contributed by atoms with Gasteiger partial charge in [-0.05, 0) is 38.2 Å². The molecule has 4 nitrogen and oxygen atoms in total. The number of nitriles is 1. The number of carbonyl (C=O) groups excluding carboxylic acids is 1. The van der Waals surface area contributed by atoms with E-state index in [1.807, 2.05) is 25.6 Å². The molecule has 0 aromatic carbocycles. The van der Waals surface area contributed by atoms with Gasteiger partial charge >= 0.3 is 0 Å². The lowest BCUT2D eigenvalue weighted by Crippen LogP contribution is -2.49. The number of hydrogen-bond donors (Lipinski definition) is 1. The van der Waals surface area contributed by atoms with Crippen LogP contribution in [0.3, 0.4) is 0 Å². The number of carbonyl (C=O) groups is 1. The first kappa shape index (κ1) is 13.4. The van der Waals surface area contributed by atoms with Gasteiger partial charge in [0.05, 0.1) is 16.8 Å². The highest BCUT2D eigenvalue weighted by atomic mass is 32.2. The number of nitrogens with zero attached hydrogens (tertiary/aromatic N) is 2. The van der Waals surface area contributed by atoms with Gasteiger partial charge in [0, 0.05) is 0 Å². The van der Waals surface area contributed by atoms with Crippen LogP contribution < -0.4 is 5.32 Å². The summed E-state index contributed by atoms with van der Waals surface area (Å²) in [5.41, 5.74) is 0.0559. The molecule has 6 heteroatoms. The van der Waals surface area contributed by atoms with Gasteiger partial charge in [0.1, 0.15) is 10.4 Å². The molecule has 1 fully saturated rings. The summed E-state index contributed by atoms with van der Waals surface area (Å²) in [6.45, 7) is 3.71. The summed E-state index contributed by atoms with van der Waals surface area (Å²) in [5.74, 6) is 1.69. The van der Waals surface area contributed by atoms with E-state index in [9.17, 15) is 10.1 Å². The number of aromatic nitrogens is 1. The Morgan fingerprint density at radius 3 is 2.61 bits per heavy atom. The molecule has 0 atom stereocenters. The van der Waals surface area contributed by atoms with Gasteiger partial charge in [0.2, 0.25) is 0 Å². The Morgan fingerprint density at radius 2 is 2.11 bits per heavy atom. The van der Waals surface area contributed by atoms with Crippen LogP contribution in [0.4, 0.5) is 0 Å². The standard InChI is InChI=1S/C12H15N3OS2/c1-8-10(18-9(2)14-8)11(16)15-12(7-13)3-5-17-6-4-12/h3-6H2,1-2H3,(H,15,16). The number of thiazole rings is 1. The number of nitrogens with one attached hydrogen (secondary N) is 1. The van der Waals surface area contributed by atoms with E-state index in [0.717, 1.165) is 35.0 Å². The van der Waals surface area contributed by atoms with Crippen molar-refractivity contribution >= 4 is 29.0 Å². The molecular weight excluding hydrogens is 266 g/mol. The van der Waals surface area contributed by atoms with E-state index in [0.29, 0.717) is 4.88 Å². The predicted molar refractivity (Wildman–Crippen MR) is 74.0 cm³/mol. The van der Waals surface area contributed by atoms with Crippen molar-refractivity contribution < 1.29 is 4.79 Å². The fourth-order valence-corrected chi connectivity index (χ4v) is 4.01. The summed E-state index contributed by atoms with van der Waals surface area (Å²) >= 11 is 3.21. The first-order valence-electron chi connectivity index (χ1n) is 5.82. The molecule has 1 aliphatic rings. The predicted octanol–water partition coefficient (Wildman–Crippen LogP) is 2.28. The number of thioether (sulfide) groups is 1. The van der Waals surface area contributed by atoms with Crippen LogP contribution in [-0.4, -0.2) is 27.9 Å². The molecule has 0 unspecified atom stereocenters. The molecule has 1 aliphatic heterocycles. The number of rotatable bonds is 2. The van der Waals surface area contributed by atoms with Crippen LogP contribution in [0.1, 0.15) is 33.2 Å². The highest BCUT2D eigenvalue weighted by molar-refractivity contribution is 7.99. The van der Waals surface area contributed by atoms with E-state index in [2.05, 4.69) is 16.4 Å². The van der Waals surface area contributed by atoms with Crippen LogP contribution in [0.15, 0.2) is 0 Å². The lowest BCUT2D eigenvalue weighted by molar-refractivity contribution is 0.0919. The van der Waals surface area contributed by atoms with Crippen molar-refractivity contribution in [3.8, 4) is 6.07 Å². The SMILES string of the molecule is Cc1nc(C)c(C(=O)NC2(C#N)CCSCC2)s1. The molecular formula is C12H15N3OS2. The van der Waals surface area contributed by atoms with Gasteiger partial charge in [-0.15, -0.1) is 11.3 Å². The lowest BCUT2D eigenvalue weighted by Gasteiger charge is -2.31. The molecule has 0 spiro atoms. The topological polar surface area (TPSA) is 65.8 Å². The van der Waals surface area contributed by atoms with Crippen molar-refractivity contribution in [3.63, 3.8) is 0 Å². The van der Waals surface area contributed by atoms with Crippen LogP contribution in [0.2, 0.25) is 0 Å². The molecule has 0 bridgehead atoms. The quantitative estimate of drug-likeness (QED) is 0.903. The molecule has 0 saturated carbocycles. The minimum absolute atomic E-state index is 0.161. The highest BCUT2D eigenvalue weighted by Crippen LogP contribution is 2.27. The van der Waals surface area contributed by atoms with Gasteiger partial charge < -0.3 is 5.32 Å². The zero-order valence-corrected chi connectivity index (χ0v) is 12.1. The van der Waals surface area contributed by atoms with Gasteiger partial charge in [-0.1, -0.05) is 0 Å². The molecule has 2 rings (SSSR count). The van der Waals surface area contributed by atoms with Crippen LogP contribution >= 0.6 is 23.1 Å². The molecule has 1 aromatic rings. The maximum atomic E-state index is 12.2. The zero-order valence-electron chi connectivity index (χ0n) is 10.4. The van der Waals surface area contributed by atoms with Crippen molar-refractivity contribution in [3.05, 3.63) is 15.6 Å². The van der Waals surface area contributed by atoms with Crippen molar-refractivity contribution in [1.82, 2.24) is 10.3 Å². The molecule has 18 heavy (non-hydrogen) atoms. The molecule has 1 saturated heterocycles. The Balaban J connectivity index is 2.15. The third-order valence-corrected chi connectivity index (χ3v) is 5.08. The largest absolute Gasteiger partial charge is 0.333 e. The summed E-state index contributed by atoms with van der Waals surface area (Å²) < 4.78 is 0. The van der Waals surface area contributed by atoms with Gasteiger partial charge in [-0.3, -0.25) is 4.79 Å². The summed E-state index contributed by atoms with van der Waals surface area (Å²) in [6, 6.07) is 2.28. The summed E-state index contributed by atoms with van der Waals surface area (Å²) in [4.78, 5) is 17.1. The fraction of sp³-hybridized carbons (Fsp3) is 0.583. The number of hydrogen-bond acceptors (Lipinski definition) is 5. The second-order valence-electron chi connectivity index (χ2n) is 4.41. The Labute approximate surface area is 115 Å². The van der Waals surface area contributed by atoms with E-state index < -0.39 is 5.54 Å². The molecule has 1 amide bonds. The molecule has 1 aromatic heterocycles.